The average Bonchev–Trinajstić information content (AvgIpc) is 0.842. The molecule has 4 aromatic carbocycles. The van der Waals surface area contributed by atoms with Gasteiger partial charge >= 0.3 is 24.7 Å². The summed E-state index contributed by atoms with van der Waals surface area (Å²) in [6.07, 6.45) is -7.59. The van der Waals surface area contributed by atoms with Gasteiger partial charge in [0.2, 0.25) is 35.4 Å². The van der Waals surface area contributed by atoms with Crippen LogP contribution in [0.5, 0.6) is 23.0 Å². The number of carboxylic acids is 2. The number of nitrogens with one attached hydrogen (secondary N) is 8. The Morgan fingerprint density at radius 2 is 0.787 bits per heavy atom. The lowest BCUT2D eigenvalue weighted by Gasteiger charge is -2.24. The molecule has 0 saturated carbocycles. The van der Waals surface area contributed by atoms with Gasteiger partial charge in [-0.3, -0.25) is 38.4 Å². The highest BCUT2D eigenvalue weighted by Gasteiger charge is 2.34. The Balaban J connectivity index is 0.802. The van der Waals surface area contributed by atoms with Crippen LogP contribution in [0.15, 0.2) is 134 Å². The van der Waals surface area contributed by atoms with Crippen LogP contribution in [-0.2, 0) is 70.1 Å². The molecule has 6 amide bonds. The molecule has 6 aromatic rings. The van der Waals surface area contributed by atoms with E-state index in [-0.39, 0.29) is 141 Å². The molecule has 0 fully saturated rings. The average molecular weight is 1520 g/mol. The lowest BCUT2D eigenvalue weighted by molar-refractivity contribution is -0.275. The number of alkyl halides is 6. The van der Waals surface area contributed by atoms with E-state index in [0.29, 0.717) is 60.2 Å². The molecule has 0 radical (unpaired) electrons. The van der Waals surface area contributed by atoms with E-state index in [2.05, 4.69) is 62.0 Å². The summed E-state index contributed by atoms with van der Waals surface area (Å²) in [5.74, 6) is -4.96. The molecule has 28 nitrogen and oxygen atoms in total. The van der Waals surface area contributed by atoms with Crippen molar-refractivity contribution in [1.29, 1.82) is 0 Å². The Labute approximate surface area is 619 Å². The quantitative estimate of drug-likeness (QED) is 0.0128. The summed E-state index contributed by atoms with van der Waals surface area (Å²) in [6.45, 7) is 6.96. The third-order valence-corrected chi connectivity index (χ3v) is 15.5. The standard InChI is InChI=1S/C74H90F6N10O18/c1-49-23-27-83-63(41-49)81-25-5-11-67(93)87-61(71(99)89-59(47-69(95)96)53-7-3-9-57(45-53)107-73(75,76)77)43-51-13-17-55(18-14-51)105-39-37-103-35-33-101-31-29-85-65(91)21-22-66(92)86-30-32-102-34-36-104-38-40-106-56-19-15-52(16-20-56)44-62(88-68(94)12-6-26-82-64-42-50(2)24-28-84-64)72(100)90-60(48-70(97)98)54-8-4-10-58(46-54)108-74(78,79)80/h3-4,7-10,13-20,23-24,27-28,41-42,45-46,59-62H,5-6,11-12,21-22,25-26,29-40,43-44,47-48H2,1-2H3,(H,81,83)(H,82,84)(H,85,91)(H,86,92)(H,87,93)(H,88,94)(H,89,99)(H,90,100)(H,95,96)(H,97,98)/t59?,60?,61-,62-/m0/s1. The highest BCUT2D eigenvalue weighted by atomic mass is 19.4. The molecule has 2 heterocycles. The zero-order valence-electron chi connectivity index (χ0n) is 59.6. The molecule has 2 unspecified atom stereocenters. The minimum Gasteiger partial charge on any atom is -0.491 e. The molecule has 0 bridgehead atoms. The van der Waals surface area contributed by atoms with Crippen molar-refractivity contribution in [1.82, 2.24) is 41.9 Å². The third-order valence-electron chi connectivity index (χ3n) is 15.5. The number of pyridine rings is 2. The summed E-state index contributed by atoms with van der Waals surface area (Å²) in [4.78, 5) is 111. The summed E-state index contributed by atoms with van der Waals surface area (Å²) in [5.41, 5.74) is 3.21. The van der Waals surface area contributed by atoms with Crippen LogP contribution in [0.1, 0.15) is 96.8 Å². The fraction of sp³-hybridized carbons (Fsp3) is 0.432. The fourth-order valence-electron chi connectivity index (χ4n) is 10.3. The lowest BCUT2D eigenvalue weighted by Crippen LogP contribution is -2.49. The number of nitrogens with zero attached hydrogens (tertiary/aromatic N) is 2. The van der Waals surface area contributed by atoms with Crippen molar-refractivity contribution in [2.75, 3.05) is 103 Å². The first-order chi connectivity index (χ1) is 51.7. The number of amides is 6. The number of benzene rings is 4. The normalized spacial score (nSPS) is 12.4. The van der Waals surface area contributed by atoms with Crippen LogP contribution in [0.2, 0.25) is 0 Å². The lowest BCUT2D eigenvalue weighted by atomic mass is 10.0. The van der Waals surface area contributed by atoms with Gasteiger partial charge in [0.05, 0.1) is 77.8 Å². The molecule has 10 N–H and O–H groups in total. The van der Waals surface area contributed by atoms with E-state index in [1.165, 1.54) is 24.3 Å². The maximum atomic E-state index is 13.9. The maximum absolute atomic E-state index is 13.9. The van der Waals surface area contributed by atoms with Crippen LogP contribution in [-0.4, -0.2) is 185 Å². The molecule has 6 rings (SSSR count). The number of aliphatic carboxylic acids is 2. The first-order valence-electron chi connectivity index (χ1n) is 34.7. The van der Waals surface area contributed by atoms with Gasteiger partial charge in [0.1, 0.15) is 59.9 Å². The molecule has 0 spiro atoms. The number of hydrogen-bond donors (Lipinski definition) is 10. The number of carbonyl (C=O) groups excluding carboxylic acids is 6. The summed E-state index contributed by atoms with van der Waals surface area (Å²) in [6, 6.07) is 24.8. The fourth-order valence-corrected chi connectivity index (χ4v) is 10.3. The third kappa shape index (κ3) is 36.4. The number of ether oxygens (including phenoxy) is 8. The second-order valence-corrected chi connectivity index (χ2v) is 24.3. The molecule has 0 saturated heterocycles. The molecule has 586 valence electrons. The molecule has 0 aliphatic heterocycles. The Morgan fingerprint density at radius 1 is 0.417 bits per heavy atom. The maximum Gasteiger partial charge on any atom is 0.573 e. The van der Waals surface area contributed by atoms with Crippen LogP contribution >= 0.6 is 0 Å². The number of hydrogen-bond acceptors (Lipinski definition) is 20. The molecule has 108 heavy (non-hydrogen) atoms. The predicted molar refractivity (Wildman–Crippen MR) is 380 cm³/mol. The first kappa shape index (κ1) is 86.1. The van der Waals surface area contributed by atoms with Gasteiger partial charge in [-0.1, -0.05) is 48.5 Å². The van der Waals surface area contributed by atoms with Crippen LogP contribution in [0.3, 0.4) is 0 Å². The van der Waals surface area contributed by atoms with Crippen LogP contribution < -0.4 is 61.5 Å². The number of rotatable bonds is 51. The summed E-state index contributed by atoms with van der Waals surface area (Å²) in [7, 11) is 0. The van der Waals surface area contributed by atoms with Crippen LogP contribution in [0, 0.1) is 13.8 Å². The van der Waals surface area contributed by atoms with E-state index in [0.717, 1.165) is 35.4 Å². The number of aryl methyl sites for hydroxylation is 2. The van der Waals surface area contributed by atoms with E-state index < -0.39 is 96.8 Å². The van der Waals surface area contributed by atoms with Gasteiger partial charge in [-0.15, -0.1) is 26.3 Å². The smallest absolute Gasteiger partial charge is 0.491 e. The van der Waals surface area contributed by atoms with Crippen molar-refractivity contribution in [3.05, 3.63) is 167 Å². The predicted octanol–water partition coefficient (Wildman–Crippen LogP) is 7.93. The minimum absolute atomic E-state index is 0.00720. The zero-order chi connectivity index (χ0) is 78.1. The minimum atomic E-state index is -5.02. The van der Waals surface area contributed by atoms with Gasteiger partial charge in [0.25, 0.3) is 0 Å². The molecule has 4 atom stereocenters. The summed E-state index contributed by atoms with van der Waals surface area (Å²) in [5, 5.41) is 41.6. The highest BCUT2D eigenvalue weighted by molar-refractivity contribution is 5.89. The van der Waals surface area contributed by atoms with Crippen molar-refractivity contribution in [2.24, 2.45) is 0 Å². The number of anilines is 2. The van der Waals surface area contributed by atoms with Crippen molar-refractivity contribution >= 4 is 59.0 Å². The van der Waals surface area contributed by atoms with E-state index in [9.17, 15) is 74.9 Å². The second-order valence-electron chi connectivity index (χ2n) is 24.3. The monoisotopic (exact) mass is 1520 g/mol. The van der Waals surface area contributed by atoms with Crippen molar-refractivity contribution in [3.8, 4) is 23.0 Å². The summed E-state index contributed by atoms with van der Waals surface area (Å²) < 4.78 is 120. The molecule has 2 aromatic heterocycles. The number of carbonyl (C=O) groups is 8. The Morgan fingerprint density at radius 3 is 1.15 bits per heavy atom. The Kier molecular flexibility index (Phi) is 36.9. The second kappa shape index (κ2) is 46.3. The van der Waals surface area contributed by atoms with E-state index >= 15 is 0 Å². The number of carboxylic acid groups (broad SMARTS) is 2. The van der Waals surface area contributed by atoms with Gasteiger partial charge < -0.3 is 90.6 Å². The van der Waals surface area contributed by atoms with E-state index in [1.54, 1.807) is 60.9 Å². The van der Waals surface area contributed by atoms with Gasteiger partial charge in [0.15, 0.2) is 0 Å². The molecule has 34 heteroatoms. The van der Waals surface area contributed by atoms with Gasteiger partial charge in [-0.2, -0.15) is 0 Å². The van der Waals surface area contributed by atoms with Gasteiger partial charge in [-0.05, 0) is 133 Å². The SMILES string of the molecule is Cc1ccnc(NCCCC(=O)N[C@@H](Cc2ccc(OCCOCCOCCNC(=O)CCC(=O)NCCOCCOCCOc3ccc(C[C@H](NC(=O)CCCNc4cc(C)ccn4)C(=O)NC(CC(=O)O)c4cccc(OC(F)(F)F)c4)cc3)cc2)C(=O)NC(CC(=O)O)c2cccc(OC(F)(F)F)c2)c1. The first-order valence-corrected chi connectivity index (χ1v) is 34.7. The molecular formula is C74H90F6N10O18. The Bertz CT molecular complexity index is 3560. The largest absolute Gasteiger partial charge is 0.573 e. The van der Waals surface area contributed by atoms with E-state index in [1.807, 2.05) is 38.1 Å². The van der Waals surface area contributed by atoms with Crippen molar-refractivity contribution < 1.29 is 113 Å². The molecule has 0 aliphatic rings. The van der Waals surface area contributed by atoms with E-state index in [4.69, 9.17) is 28.4 Å². The summed E-state index contributed by atoms with van der Waals surface area (Å²) >= 11 is 0. The number of aromatic nitrogens is 2. The van der Waals surface area contributed by atoms with Crippen LogP contribution in [0.25, 0.3) is 0 Å². The molecule has 0 aliphatic carbocycles. The number of halogens is 6. The van der Waals surface area contributed by atoms with Gasteiger partial charge in [0, 0.05) is 77.1 Å². The van der Waals surface area contributed by atoms with Crippen LogP contribution in [0.4, 0.5) is 38.0 Å². The topological polar surface area (TPSA) is 373 Å². The zero-order valence-corrected chi connectivity index (χ0v) is 59.6. The highest BCUT2D eigenvalue weighted by Crippen LogP contribution is 2.29. The van der Waals surface area contributed by atoms with Crippen molar-refractivity contribution in [3.63, 3.8) is 0 Å². The Hall–Kier alpha value is -10.8. The van der Waals surface area contributed by atoms with Crippen molar-refractivity contribution in [2.45, 2.75) is 115 Å². The van der Waals surface area contributed by atoms with Gasteiger partial charge in [-0.25, -0.2) is 9.97 Å². The molecular weight excluding hydrogens is 1430 g/mol.